The predicted molar refractivity (Wildman–Crippen MR) is 172 cm³/mol. The SMILES string of the molecule is C=CC(=C\C(\C=C/CCC)=C(\C)C(C)CC)/N=C(C)\C(C(=O)NCC(=O)NC(CCC(=O)OCC)C(=O)OCC)=C(\C)N. The van der Waals surface area contributed by atoms with E-state index in [1.54, 1.807) is 33.8 Å². The molecule has 0 aliphatic carbocycles. The summed E-state index contributed by atoms with van der Waals surface area (Å²) in [5, 5.41) is 5.05. The first-order valence-electron chi connectivity index (χ1n) is 15.0. The minimum absolute atomic E-state index is 0.00653. The molecular weight excluding hydrogens is 548 g/mol. The number of amides is 2. The van der Waals surface area contributed by atoms with E-state index < -0.39 is 36.3 Å². The Morgan fingerprint density at radius 3 is 2.21 bits per heavy atom. The van der Waals surface area contributed by atoms with Crippen molar-refractivity contribution < 1.29 is 28.7 Å². The van der Waals surface area contributed by atoms with Gasteiger partial charge < -0.3 is 25.8 Å². The number of rotatable bonds is 19. The Morgan fingerprint density at radius 1 is 1.02 bits per heavy atom. The first-order valence-corrected chi connectivity index (χ1v) is 15.0. The van der Waals surface area contributed by atoms with Crippen LogP contribution in [0.1, 0.15) is 87.5 Å². The molecule has 2 amide bonds. The summed E-state index contributed by atoms with van der Waals surface area (Å²) in [7, 11) is 0. The van der Waals surface area contributed by atoms with Gasteiger partial charge in [-0.2, -0.15) is 0 Å². The molecule has 10 nitrogen and oxygen atoms in total. The van der Waals surface area contributed by atoms with Crippen LogP contribution >= 0.6 is 0 Å². The highest BCUT2D eigenvalue weighted by Gasteiger charge is 2.24. The van der Waals surface area contributed by atoms with Gasteiger partial charge in [-0.15, -0.1) is 0 Å². The average molecular weight is 601 g/mol. The lowest BCUT2D eigenvalue weighted by Crippen LogP contribution is -2.47. The van der Waals surface area contributed by atoms with Crippen molar-refractivity contribution in [1.82, 2.24) is 10.6 Å². The third-order valence-electron chi connectivity index (χ3n) is 6.61. The van der Waals surface area contributed by atoms with Crippen LogP contribution in [0.4, 0.5) is 0 Å². The van der Waals surface area contributed by atoms with Crippen LogP contribution in [0, 0.1) is 5.92 Å². The fourth-order valence-electron chi connectivity index (χ4n) is 3.92. The largest absolute Gasteiger partial charge is 0.466 e. The molecule has 0 saturated heterocycles. The summed E-state index contributed by atoms with van der Waals surface area (Å²) in [5.74, 6) is -2.04. The second kappa shape index (κ2) is 21.7. The number of aliphatic imine (C=N–C) groups is 1. The van der Waals surface area contributed by atoms with Gasteiger partial charge in [-0.1, -0.05) is 51.5 Å². The van der Waals surface area contributed by atoms with E-state index in [0.29, 0.717) is 17.3 Å². The number of carbonyl (C=O) groups excluding carboxylic acids is 4. The van der Waals surface area contributed by atoms with E-state index in [1.165, 1.54) is 5.57 Å². The molecule has 0 spiro atoms. The molecule has 0 aliphatic heterocycles. The quantitative estimate of drug-likeness (QED) is 0.0820. The fourth-order valence-corrected chi connectivity index (χ4v) is 3.92. The monoisotopic (exact) mass is 600 g/mol. The van der Waals surface area contributed by atoms with E-state index in [1.807, 2.05) is 6.08 Å². The number of nitrogens with zero attached hydrogens (tertiary/aromatic N) is 1. The number of unbranched alkanes of at least 4 members (excludes halogenated alkanes) is 1. The van der Waals surface area contributed by atoms with Gasteiger partial charge in [-0.3, -0.25) is 19.4 Å². The van der Waals surface area contributed by atoms with E-state index in [2.05, 4.69) is 62.1 Å². The van der Waals surface area contributed by atoms with Crippen molar-refractivity contribution in [1.29, 1.82) is 0 Å². The minimum Gasteiger partial charge on any atom is -0.466 e. The van der Waals surface area contributed by atoms with E-state index in [9.17, 15) is 19.2 Å². The molecule has 2 unspecified atom stereocenters. The molecule has 0 aliphatic rings. The van der Waals surface area contributed by atoms with Crippen LogP contribution in [-0.4, -0.2) is 55.3 Å². The van der Waals surface area contributed by atoms with Crippen LogP contribution < -0.4 is 16.4 Å². The Balaban J connectivity index is 5.88. The normalized spacial score (nSPS) is 14.7. The van der Waals surface area contributed by atoms with Crippen molar-refractivity contribution in [3.8, 4) is 0 Å². The van der Waals surface area contributed by atoms with Crippen molar-refractivity contribution in [2.45, 2.75) is 93.5 Å². The molecule has 0 rings (SSSR count). The van der Waals surface area contributed by atoms with Crippen molar-refractivity contribution in [3.05, 3.63) is 59.0 Å². The van der Waals surface area contributed by atoms with Gasteiger partial charge in [-0.25, -0.2) is 4.79 Å². The lowest BCUT2D eigenvalue weighted by Gasteiger charge is -2.17. The minimum atomic E-state index is -1.07. The number of carbonyl (C=O) groups is 4. The Labute approximate surface area is 257 Å². The highest BCUT2D eigenvalue weighted by atomic mass is 16.5. The third kappa shape index (κ3) is 15.2. The number of nitrogens with one attached hydrogen (secondary N) is 2. The lowest BCUT2D eigenvalue weighted by molar-refractivity contribution is -0.148. The molecular formula is C33H52N4O6. The third-order valence-corrected chi connectivity index (χ3v) is 6.61. The standard InChI is InChI=1S/C33H52N4O6/c1-10-15-16-17-26(23(7)22(6)11-2)20-27(12-3)36-25(9)31(24(8)34)32(40)35-21-29(38)37-28(33(41)43-14-5)18-19-30(39)42-13-4/h12,16-17,20,22,28H,3,10-11,13-15,18-19,21,34H2,1-2,4-9H3,(H,35,40)(H,37,38)/b17-16-,26-23-,27-20+,31-24+,36-25-. The zero-order chi connectivity index (χ0) is 32.9. The number of nitrogens with two attached hydrogens (primary N) is 1. The molecule has 43 heavy (non-hydrogen) atoms. The molecule has 10 heteroatoms. The number of esters is 2. The Bertz CT molecular complexity index is 1130. The lowest BCUT2D eigenvalue weighted by atomic mass is 9.94. The zero-order valence-corrected chi connectivity index (χ0v) is 27.3. The first kappa shape index (κ1) is 39.0. The molecule has 4 N–H and O–H groups in total. The van der Waals surface area contributed by atoms with E-state index >= 15 is 0 Å². The van der Waals surface area contributed by atoms with Gasteiger partial charge in [-0.05, 0) is 77.5 Å². The van der Waals surface area contributed by atoms with Gasteiger partial charge >= 0.3 is 11.9 Å². The summed E-state index contributed by atoms with van der Waals surface area (Å²) >= 11 is 0. The number of ether oxygens (including phenoxy) is 2. The van der Waals surface area contributed by atoms with Crippen LogP contribution in [0.15, 0.2) is 64.0 Å². The van der Waals surface area contributed by atoms with Crippen LogP contribution in [0.5, 0.6) is 0 Å². The smallest absolute Gasteiger partial charge is 0.328 e. The van der Waals surface area contributed by atoms with Crippen molar-refractivity contribution in [2.24, 2.45) is 16.6 Å². The molecule has 0 fully saturated rings. The second-order valence-corrected chi connectivity index (χ2v) is 10.1. The predicted octanol–water partition coefficient (Wildman–Crippen LogP) is 4.98. The Morgan fingerprint density at radius 2 is 1.67 bits per heavy atom. The van der Waals surface area contributed by atoms with Gasteiger partial charge in [0, 0.05) is 12.1 Å². The van der Waals surface area contributed by atoms with Crippen LogP contribution in [0.2, 0.25) is 0 Å². The van der Waals surface area contributed by atoms with Crippen molar-refractivity contribution in [2.75, 3.05) is 19.8 Å². The molecule has 240 valence electrons. The highest BCUT2D eigenvalue weighted by Crippen LogP contribution is 2.22. The van der Waals surface area contributed by atoms with Gasteiger partial charge in [0.1, 0.15) is 6.04 Å². The first-order chi connectivity index (χ1) is 20.4. The molecule has 0 aromatic rings. The Hall–Kier alpha value is -3.95. The molecule has 0 aromatic heterocycles. The molecule has 2 atom stereocenters. The number of hydrogen-bond acceptors (Lipinski definition) is 8. The van der Waals surface area contributed by atoms with E-state index in [0.717, 1.165) is 24.8 Å². The molecule has 0 radical (unpaired) electrons. The van der Waals surface area contributed by atoms with Crippen LogP contribution in [-0.2, 0) is 28.7 Å². The van der Waals surface area contributed by atoms with Gasteiger partial charge in [0.05, 0.1) is 36.7 Å². The van der Waals surface area contributed by atoms with Gasteiger partial charge in [0.15, 0.2) is 0 Å². The van der Waals surface area contributed by atoms with Crippen molar-refractivity contribution >= 4 is 29.5 Å². The zero-order valence-electron chi connectivity index (χ0n) is 27.3. The maximum Gasteiger partial charge on any atom is 0.328 e. The van der Waals surface area contributed by atoms with Gasteiger partial charge in [0.2, 0.25) is 5.91 Å². The molecule has 0 bridgehead atoms. The molecule has 0 saturated carbocycles. The maximum absolute atomic E-state index is 13.1. The summed E-state index contributed by atoms with van der Waals surface area (Å²) in [6.07, 6.45) is 10.7. The second-order valence-electron chi connectivity index (χ2n) is 10.1. The van der Waals surface area contributed by atoms with Crippen LogP contribution in [0.25, 0.3) is 0 Å². The summed E-state index contributed by atoms with van der Waals surface area (Å²) in [6, 6.07) is -1.07. The topological polar surface area (TPSA) is 149 Å². The molecule has 0 aromatic carbocycles. The van der Waals surface area contributed by atoms with Gasteiger partial charge in [0.25, 0.3) is 5.91 Å². The van der Waals surface area contributed by atoms with Crippen LogP contribution in [0.3, 0.4) is 0 Å². The van der Waals surface area contributed by atoms with E-state index in [-0.39, 0.29) is 37.3 Å². The fraction of sp³-hybridized carbons (Fsp3) is 0.545. The average Bonchev–Trinajstić information content (AvgIpc) is 2.96. The maximum atomic E-state index is 13.1. The number of hydrogen-bond donors (Lipinski definition) is 3. The highest BCUT2D eigenvalue weighted by molar-refractivity contribution is 6.21. The summed E-state index contributed by atoms with van der Waals surface area (Å²) in [4.78, 5) is 54.4. The van der Waals surface area contributed by atoms with E-state index in [4.69, 9.17) is 15.2 Å². The van der Waals surface area contributed by atoms with Crippen molar-refractivity contribution in [3.63, 3.8) is 0 Å². The number of allylic oxidation sites excluding steroid dienone is 7. The summed E-state index contributed by atoms with van der Waals surface area (Å²) in [5.41, 5.74) is 9.56. The summed E-state index contributed by atoms with van der Waals surface area (Å²) in [6.45, 7) is 18.8. The molecule has 0 heterocycles. The summed E-state index contributed by atoms with van der Waals surface area (Å²) < 4.78 is 9.89. The Kier molecular flexibility index (Phi) is 19.7.